The van der Waals surface area contributed by atoms with Crippen LogP contribution in [-0.2, 0) is 0 Å². The maximum absolute atomic E-state index is 14.4. The minimum absolute atomic E-state index is 0.0797. The summed E-state index contributed by atoms with van der Waals surface area (Å²) in [6.45, 7) is 3.67. The highest BCUT2D eigenvalue weighted by atomic mass is 19.1. The molecule has 0 saturated heterocycles. The van der Waals surface area contributed by atoms with Gasteiger partial charge >= 0.3 is 0 Å². The maximum Gasteiger partial charge on any atom is 0.274 e. The van der Waals surface area contributed by atoms with E-state index in [0.717, 1.165) is 43.0 Å². The summed E-state index contributed by atoms with van der Waals surface area (Å²) < 4.78 is 43.3. The molecule has 0 radical (unpaired) electrons. The Balaban J connectivity index is 1.64. The summed E-state index contributed by atoms with van der Waals surface area (Å²) in [6.07, 6.45) is 5.89. The SMILES string of the molecule is Cc1cc(F)c(-c2nc(C(=O)Nc3cnccc3C3CC(N)C[C@@H](C)C3)ccc2F)c(F)c1. The van der Waals surface area contributed by atoms with E-state index in [0.29, 0.717) is 17.2 Å². The lowest BCUT2D eigenvalue weighted by Crippen LogP contribution is -2.31. The third-order valence-electron chi connectivity index (χ3n) is 6.02. The second-order valence-electron chi connectivity index (χ2n) is 8.82. The highest BCUT2D eigenvalue weighted by Gasteiger charge is 2.28. The number of amides is 1. The van der Waals surface area contributed by atoms with Crippen LogP contribution in [-0.4, -0.2) is 21.9 Å². The van der Waals surface area contributed by atoms with E-state index in [4.69, 9.17) is 5.73 Å². The highest BCUT2D eigenvalue weighted by Crippen LogP contribution is 2.38. The fourth-order valence-electron chi connectivity index (χ4n) is 4.63. The third-order valence-corrected chi connectivity index (χ3v) is 6.02. The van der Waals surface area contributed by atoms with Crippen molar-refractivity contribution in [1.82, 2.24) is 9.97 Å². The number of nitrogens with two attached hydrogens (primary N) is 1. The van der Waals surface area contributed by atoms with Crippen molar-refractivity contribution in [3.8, 4) is 11.3 Å². The Morgan fingerprint density at radius 3 is 2.48 bits per heavy atom. The van der Waals surface area contributed by atoms with E-state index >= 15 is 0 Å². The van der Waals surface area contributed by atoms with Gasteiger partial charge in [0.25, 0.3) is 5.91 Å². The van der Waals surface area contributed by atoms with Gasteiger partial charge in [-0.2, -0.15) is 0 Å². The van der Waals surface area contributed by atoms with Crippen molar-refractivity contribution in [3.63, 3.8) is 0 Å². The van der Waals surface area contributed by atoms with Gasteiger partial charge < -0.3 is 11.1 Å². The third kappa shape index (κ3) is 4.90. The minimum atomic E-state index is -0.950. The van der Waals surface area contributed by atoms with Crippen molar-refractivity contribution < 1.29 is 18.0 Å². The molecule has 2 aromatic heterocycles. The van der Waals surface area contributed by atoms with Gasteiger partial charge in [-0.15, -0.1) is 0 Å². The number of nitrogens with zero attached hydrogens (tertiary/aromatic N) is 2. The molecule has 3 N–H and O–H groups in total. The summed E-state index contributed by atoms with van der Waals surface area (Å²) in [5.41, 5.74) is 6.64. The second-order valence-corrected chi connectivity index (χ2v) is 8.82. The van der Waals surface area contributed by atoms with E-state index in [2.05, 4.69) is 22.2 Å². The zero-order chi connectivity index (χ0) is 23.7. The van der Waals surface area contributed by atoms with Crippen LogP contribution in [0.15, 0.2) is 42.7 Å². The standard InChI is InChI=1S/C25H25F3N4O/c1-13-7-15(11-16(29)8-13)17-5-6-30-12-22(17)32-25(33)21-4-3-18(26)24(31-21)23-19(27)9-14(2)10-20(23)28/h3-6,9-10,12-13,15-16H,7-8,11,29H2,1-2H3,(H,32,33)/t13-,15?,16?/m0/s1. The number of aryl methyl sites for hydroxylation is 1. The van der Waals surface area contributed by atoms with E-state index in [1.807, 2.05) is 6.07 Å². The number of carbonyl (C=O) groups is 1. The minimum Gasteiger partial charge on any atom is -0.328 e. The van der Waals surface area contributed by atoms with E-state index in [1.165, 1.54) is 13.0 Å². The average molecular weight is 454 g/mol. The van der Waals surface area contributed by atoms with Crippen LogP contribution in [0.5, 0.6) is 0 Å². The van der Waals surface area contributed by atoms with Crippen molar-refractivity contribution in [2.24, 2.45) is 11.7 Å². The molecular weight excluding hydrogens is 429 g/mol. The van der Waals surface area contributed by atoms with Gasteiger partial charge in [0.05, 0.1) is 17.4 Å². The predicted molar refractivity (Wildman–Crippen MR) is 120 cm³/mol. The molecule has 0 aliphatic heterocycles. The van der Waals surface area contributed by atoms with E-state index in [9.17, 15) is 18.0 Å². The van der Waals surface area contributed by atoms with Crippen molar-refractivity contribution >= 4 is 11.6 Å². The molecule has 4 rings (SSSR count). The number of aromatic nitrogens is 2. The number of pyridine rings is 2. The zero-order valence-electron chi connectivity index (χ0n) is 18.4. The van der Waals surface area contributed by atoms with Crippen LogP contribution >= 0.6 is 0 Å². The summed E-state index contributed by atoms with van der Waals surface area (Å²) in [6, 6.07) is 6.25. The highest BCUT2D eigenvalue weighted by molar-refractivity contribution is 6.03. The van der Waals surface area contributed by atoms with E-state index in [1.54, 1.807) is 12.4 Å². The van der Waals surface area contributed by atoms with Crippen molar-refractivity contribution in [1.29, 1.82) is 0 Å². The van der Waals surface area contributed by atoms with E-state index in [-0.39, 0.29) is 17.7 Å². The van der Waals surface area contributed by atoms with Crippen molar-refractivity contribution in [3.05, 3.63) is 77.0 Å². The molecule has 2 unspecified atom stereocenters. The Hall–Kier alpha value is -3.26. The largest absolute Gasteiger partial charge is 0.328 e. The Labute approximate surface area is 190 Å². The van der Waals surface area contributed by atoms with Crippen LogP contribution < -0.4 is 11.1 Å². The van der Waals surface area contributed by atoms with Crippen molar-refractivity contribution in [2.45, 2.75) is 45.1 Å². The number of benzene rings is 1. The molecule has 8 heteroatoms. The summed E-state index contributed by atoms with van der Waals surface area (Å²) in [4.78, 5) is 21.0. The van der Waals surface area contributed by atoms with Gasteiger partial charge in [0.2, 0.25) is 0 Å². The number of hydrogen-bond acceptors (Lipinski definition) is 4. The fraction of sp³-hybridized carbons (Fsp3) is 0.320. The maximum atomic E-state index is 14.4. The van der Waals surface area contributed by atoms with Crippen LogP contribution in [0.3, 0.4) is 0 Å². The molecule has 1 aliphatic rings. The number of rotatable bonds is 4. The second kappa shape index (κ2) is 9.31. The lowest BCUT2D eigenvalue weighted by molar-refractivity contribution is 0.102. The Morgan fingerprint density at radius 1 is 1.06 bits per heavy atom. The molecular formula is C25H25F3N4O. The molecule has 0 bridgehead atoms. The number of nitrogens with one attached hydrogen (secondary N) is 1. The van der Waals surface area contributed by atoms with Gasteiger partial charge in [-0.05, 0) is 79.5 Å². The van der Waals surface area contributed by atoms with Crippen LogP contribution in [0, 0.1) is 30.3 Å². The monoisotopic (exact) mass is 454 g/mol. The number of carbonyl (C=O) groups excluding carboxylic acids is 1. The van der Waals surface area contributed by atoms with E-state index < -0.39 is 34.6 Å². The molecule has 5 nitrogen and oxygen atoms in total. The summed E-state index contributed by atoms with van der Waals surface area (Å²) in [5, 5.41) is 2.78. The Bertz CT molecular complexity index is 1170. The van der Waals surface area contributed by atoms with Gasteiger partial charge in [-0.25, -0.2) is 18.2 Å². The smallest absolute Gasteiger partial charge is 0.274 e. The molecule has 2 heterocycles. The molecule has 3 aromatic rings. The lowest BCUT2D eigenvalue weighted by Gasteiger charge is -2.32. The zero-order valence-corrected chi connectivity index (χ0v) is 18.4. The van der Waals surface area contributed by atoms with Crippen LogP contribution in [0.4, 0.5) is 18.9 Å². The summed E-state index contributed by atoms with van der Waals surface area (Å²) in [7, 11) is 0. The van der Waals surface area contributed by atoms with Gasteiger partial charge in [-0.1, -0.05) is 6.92 Å². The summed E-state index contributed by atoms with van der Waals surface area (Å²) >= 11 is 0. The Kier molecular flexibility index (Phi) is 6.47. The predicted octanol–water partition coefficient (Wildman–Crippen LogP) is 5.35. The number of halogens is 3. The Morgan fingerprint density at radius 2 is 1.79 bits per heavy atom. The van der Waals surface area contributed by atoms with Crippen LogP contribution in [0.25, 0.3) is 11.3 Å². The topological polar surface area (TPSA) is 80.9 Å². The molecule has 3 atom stereocenters. The van der Waals surface area contributed by atoms with Gasteiger partial charge in [0.1, 0.15) is 28.8 Å². The van der Waals surface area contributed by atoms with Crippen molar-refractivity contribution in [2.75, 3.05) is 5.32 Å². The van der Waals surface area contributed by atoms with Gasteiger partial charge in [0.15, 0.2) is 0 Å². The first-order chi connectivity index (χ1) is 15.7. The van der Waals surface area contributed by atoms with Crippen LogP contribution in [0.2, 0.25) is 0 Å². The molecule has 33 heavy (non-hydrogen) atoms. The normalized spacial score (nSPS) is 20.5. The average Bonchev–Trinajstić information content (AvgIpc) is 2.74. The first kappa shape index (κ1) is 22.9. The van der Waals surface area contributed by atoms with Gasteiger partial charge in [-0.3, -0.25) is 9.78 Å². The molecule has 0 spiro atoms. The summed E-state index contributed by atoms with van der Waals surface area (Å²) in [5.74, 6) is -2.85. The molecule has 172 valence electrons. The lowest BCUT2D eigenvalue weighted by atomic mass is 9.76. The molecule has 1 saturated carbocycles. The first-order valence-corrected chi connectivity index (χ1v) is 10.9. The quantitative estimate of drug-likeness (QED) is 0.557. The molecule has 1 amide bonds. The fourth-order valence-corrected chi connectivity index (χ4v) is 4.63. The number of hydrogen-bond donors (Lipinski definition) is 2. The van der Waals surface area contributed by atoms with Gasteiger partial charge in [0, 0.05) is 12.2 Å². The molecule has 1 aliphatic carbocycles. The number of anilines is 1. The van der Waals surface area contributed by atoms with Crippen LogP contribution in [0.1, 0.15) is 53.7 Å². The first-order valence-electron chi connectivity index (χ1n) is 10.9. The molecule has 1 fully saturated rings. The molecule has 1 aromatic carbocycles.